The van der Waals surface area contributed by atoms with Gasteiger partial charge in [0.2, 0.25) is 0 Å². The average molecular weight is 339 g/mol. The fourth-order valence-electron chi connectivity index (χ4n) is 1.56. The number of carboxylic acids is 1. The molecule has 0 aromatic heterocycles. The minimum atomic E-state index is -4.32. The Morgan fingerprint density at radius 1 is 1.36 bits per heavy atom. The summed E-state index contributed by atoms with van der Waals surface area (Å²) in [7, 11) is -4.32. The first-order valence-corrected chi connectivity index (χ1v) is 8.41. The van der Waals surface area contributed by atoms with E-state index in [2.05, 4.69) is 4.74 Å². The van der Waals surface area contributed by atoms with E-state index in [4.69, 9.17) is 25.4 Å². The van der Waals surface area contributed by atoms with Crippen LogP contribution in [0.3, 0.4) is 0 Å². The summed E-state index contributed by atoms with van der Waals surface area (Å²) in [6.45, 7) is 1.88. The highest BCUT2D eigenvalue weighted by Crippen LogP contribution is 2.37. The summed E-state index contributed by atoms with van der Waals surface area (Å²) in [5.74, 6) is -1.79. The van der Waals surface area contributed by atoms with E-state index in [1.165, 1.54) is 0 Å². The molecule has 0 amide bonds. The average Bonchev–Trinajstić information content (AvgIpc) is 2.36. The zero-order valence-electron chi connectivity index (χ0n) is 12.3. The predicted molar refractivity (Wildman–Crippen MR) is 77.3 cm³/mol. The molecule has 0 aliphatic carbocycles. The molecule has 0 radical (unpaired) electrons. The largest absolute Gasteiger partial charge is 0.480 e. The van der Waals surface area contributed by atoms with E-state index in [0.29, 0.717) is 6.42 Å². The van der Waals surface area contributed by atoms with E-state index in [1.54, 1.807) is 6.92 Å². The molecule has 0 heterocycles. The molecule has 0 saturated carbocycles. The lowest BCUT2D eigenvalue weighted by atomic mass is 10.1. The van der Waals surface area contributed by atoms with E-state index in [9.17, 15) is 14.2 Å². The van der Waals surface area contributed by atoms with Gasteiger partial charge in [-0.15, -0.1) is 0 Å². The summed E-state index contributed by atoms with van der Waals surface area (Å²) in [4.78, 5) is 39.6. The van der Waals surface area contributed by atoms with Gasteiger partial charge in [-0.1, -0.05) is 11.6 Å². The van der Waals surface area contributed by atoms with Gasteiger partial charge in [-0.25, -0.2) is 4.79 Å². The first-order valence-electron chi connectivity index (χ1n) is 6.61. The maximum Gasteiger partial charge on any atom is 0.332 e. The monoisotopic (exact) mass is 339 g/mol. The number of nitrogens with two attached hydrogens (primary N) is 1. The highest BCUT2D eigenvalue weighted by atomic mass is 31.2. The molecular formula is C12H22NO8P. The molecule has 0 aliphatic rings. The van der Waals surface area contributed by atoms with Crippen LogP contribution in [0.5, 0.6) is 0 Å². The molecule has 1 unspecified atom stereocenters. The minimum absolute atomic E-state index is 0.166. The summed E-state index contributed by atoms with van der Waals surface area (Å²) in [6, 6.07) is -1.33. The van der Waals surface area contributed by atoms with Gasteiger partial charge in [0.15, 0.2) is 0 Å². The molecule has 0 aliphatic heterocycles. The molecule has 0 spiro atoms. The molecule has 0 fully saturated rings. The molecule has 5 N–H and O–H groups in total. The molecule has 22 heavy (non-hydrogen) atoms. The van der Waals surface area contributed by atoms with Crippen molar-refractivity contribution in [1.29, 1.82) is 0 Å². The van der Waals surface area contributed by atoms with E-state index < -0.39 is 31.7 Å². The lowest BCUT2D eigenvalue weighted by molar-refractivity contribution is -0.148. The Hall–Kier alpha value is -1.25. The van der Waals surface area contributed by atoms with Crippen molar-refractivity contribution in [3.63, 3.8) is 0 Å². The van der Waals surface area contributed by atoms with Crippen molar-refractivity contribution in [2.75, 3.05) is 26.0 Å². The zero-order chi connectivity index (χ0) is 17.2. The van der Waals surface area contributed by atoms with Gasteiger partial charge in [-0.3, -0.25) is 9.36 Å². The summed E-state index contributed by atoms with van der Waals surface area (Å²) in [6.07, 6.45) is 1.12. The smallest absolute Gasteiger partial charge is 0.332 e. The second-order valence-electron chi connectivity index (χ2n) is 4.47. The molecule has 9 nitrogen and oxygen atoms in total. The summed E-state index contributed by atoms with van der Waals surface area (Å²) >= 11 is 0. The number of esters is 1. The molecule has 0 aromatic rings. The number of carboxylic acid groups (broad SMARTS) is 1. The van der Waals surface area contributed by atoms with E-state index in [1.807, 2.05) is 0 Å². The Bertz CT molecular complexity index is 444. The van der Waals surface area contributed by atoms with E-state index >= 15 is 0 Å². The van der Waals surface area contributed by atoms with Crippen molar-refractivity contribution in [1.82, 2.24) is 0 Å². The Kier molecular flexibility index (Phi) is 9.88. The maximum absolute atomic E-state index is 11.0. The number of aliphatic carboxylic acids is 1. The second kappa shape index (κ2) is 10.5. The first-order chi connectivity index (χ1) is 10.2. The van der Waals surface area contributed by atoms with Gasteiger partial charge in [0, 0.05) is 6.61 Å². The summed E-state index contributed by atoms with van der Waals surface area (Å²) < 4.78 is 20.7. The minimum Gasteiger partial charge on any atom is -0.480 e. The van der Waals surface area contributed by atoms with Gasteiger partial charge in [0.05, 0.1) is 12.8 Å². The third-order valence-electron chi connectivity index (χ3n) is 2.42. The van der Waals surface area contributed by atoms with Crippen LogP contribution in [0, 0.1) is 0 Å². The van der Waals surface area contributed by atoms with Crippen molar-refractivity contribution in [2.45, 2.75) is 25.8 Å². The summed E-state index contributed by atoms with van der Waals surface area (Å²) in [5.41, 5.74) is 5.56. The Morgan fingerprint density at radius 2 is 2.00 bits per heavy atom. The number of allylic oxidation sites excluding steroid dienone is 1. The number of rotatable bonds is 11. The van der Waals surface area contributed by atoms with Gasteiger partial charge in [0.1, 0.15) is 12.6 Å². The zero-order valence-corrected chi connectivity index (χ0v) is 13.2. The number of ether oxygens (including phenoxy) is 2. The van der Waals surface area contributed by atoms with Crippen LogP contribution in [-0.2, 0) is 23.6 Å². The topological polar surface area (TPSA) is 156 Å². The molecule has 0 bridgehead atoms. The van der Waals surface area contributed by atoms with Crippen LogP contribution in [0.1, 0.15) is 19.8 Å². The number of hydrogen-bond acceptors (Lipinski definition) is 6. The van der Waals surface area contributed by atoms with Gasteiger partial charge in [-0.2, -0.15) is 0 Å². The van der Waals surface area contributed by atoms with Crippen LogP contribution in [0.15, 0.2) is 11.6 Å². The number of hydrogen-bond donors (Lipinski definition) is 4. The molecule has 128 valence electrons. The van der Waals surface area contributed by atoms with Crippen LogP contribution < -0.4 is 5.73 Å². The SMILES string of the molecule is CCOC(=O)COCCCC(=CC(N)C(=O)O)CP(=O)(O)O. The van der Waals surface area contributed by atoms with E-state index in [0.717, 1.165) is 6.08 Å². The lowest BCUT2D eigenvalue weighted by Gasteiger charge is -2.11. The quantitative estimate of drug-likeness (QED) is 0.174. The molecular weight excluding hydrogens is 317 g/mol. The lowest BCUT2D eigenvalue weighted by Crippen LogP contribution is -2.28. The third-order valence-corrected chi connectivity index (χ3v) is 3.24. The molecule has 10 heteroatoms. The fraction of sp³-hybridized carbons (Fsp3) is 0.667. The Morgan fingerprint density at radius 3 is 2.50 bits per heavy atom. The predicted octanol–water partition coefficient (Wildman–Crippen LogP) is -0.138. The van der Waals surface area contributed by atoms with Crippen LogP contribution in [0.2, 0.25) is 0 Å². The van der Waals surface area contributed by atoms with Crippen LogP contribution >= 0.6 is 7.60 Å². The van der Waals surface area contributed by atoms with Crippen molar-refractivity contribution >= 4 is 19.5 Å². The standard InChI is InChI=1S/C12H22NO8P/c1-2-21-11(14)7-20-5-3-4-9(8-22(17,18)19)6-10(13)12(15)16/h6,10H,2-5,7-8,13H2,1H3,(H,15,16)(H2,17,18,19). The third kappa shape index (κ3) is 11.4. The van der Waals surface area contributed by atoms with Crippen molar-refractivity contribution in [2.24, 2.45) is 5.73 Å². The Balaban J connectivity index is 4.34. The summed E-state index contributed by atoms with van der Waals surface area (Å²) in [5, 5.41) is 8.71. The maximum atomic E-state index is 11.0. The number of carbonyl (C=O) groups is 2. The van der Waals surface area contributed by atoms with Gasteiger partial charge < -0.3 is 30.1 Å². The van der Waals surface area contributed by atoms with Crippen LogP contribution in [0.25, 0.3) is 0 Å². The van der Waals surface area contributed by atoms with Gasteiger partial charge >= 0.3 is 19.5 Å². The van der Waals surface area contributed by atoms with Crippen molar-refractivity contribution in [3.8, 4) is 0 Å². The van der Waals surface area contributed by atoms with Crippen LogP contribution in [-0.4, -0.2) is 58.9 Å². The second-order valence-corrected chi connectivity index (χ2v) is 6.12. The highest BCUT2D eigenvalue weighted by molar-refractivity contribution is 7.52. The van der Waals surface area contributed by atoms with Gasteiger partial charge in [0.25, 0.3) is 0 Å². The number of carbonyl (C=O) groups excluding carboxylic acids is 1. The molecule has 0 saturated heterocycles. The molecule has 0 rings (SSSR count). The first kappa shape index (κ1) is 20.8. The van der Waals surface area contributed by atoms with Gasteiger partial charge in [-0.05, 0) is 19.8 Å². The van der Waals surface area contributed by atoms with Crippen LogP contribution in [0.4, 0.5) is 0 Å². The highest BCUT2D eigenvalue weighted by Gasteiger charge is 2.18. The normalized spacial score (nSPS) is 13.7. The Labute approximate surface area is 128 Å². The molecule has 1 atom stereocenters. The fourth-order valence-corrected chi connectivity index (χ4v) is 2.36. The van der Waals surface area contributed by atoms with Crippen molar-refractivity contribution < 1.29 is 38.5 Å². The molecule has 0 aromatic carbocycles. The van der Waals surface area contributed by atoms with E-state index in [-0.39, 0.29) is 31.8 Å². The van der Waals surface area contributed by atoms with Crippen molar-refractivity contribution in [3.05, 3.63) is 11.6 Å².